The number of hydrogen-bond acceptors (Lipinski definition) is 21. The number of nitrogens with one attached hydrogen (secondary N) is 9. The molecule has 4 fully saturated rings. The highest BCUT2D eigenvalue weighted by atomic mass is 15.3. The van der Waals surface area contributed by atoms with Gasteiger partial charge in [0.2, 0.25) is 0 Å². The number of aliphatic imine (C=N–C) groups is 3. The summed E-state index contributed by atoms with van der Waals surface area (Å²) in [6.07, 6.45) is 32.2. The SMILES string of the molecule is CC(C)NCC(N)CCCCN(C)C.CC(C)NCC1CN(C)CCN1C.CC(C)NCC1CN(CCN(C)C)CCN1CCN(C)C.CC(C)NCCCC1=CCC=N1.CC(C)NCCCC1=NCCN1.CC(C)NCCCCC1CCCCC1.CC(C)NCCCCN1CCCCC1.CC(N)=NCCNC(C)C. The molecule has 5 heterocycles. The Morgan fingerprint density at radius 2 is 1.04 bits per heavy atom. The minimum atomic E-state index is 0.319. The lowest BCUT2D eigenvalue weighted by molar-refractivity contribution is 0.0645. The summed E-state index contributed by atoms with van der Waals surface area (Å²) in [5.41, 5.74) is 12.6. The summed E-state index contributed by atoms with van der Waals surface area (Å²) in [4.78, 5) is 32.2. The van der Waals surface area contributed by atoms with E-state index >= 15 is 0 Å². The van der Waals surface area contributed by atoms with Crippen LogP contribution in [-0.4, -0.2) is 344 Å². The summed E-state index contributed by atoms with van der Waals surface area (Å²) in [5.74, 6) is 2.92. The molecular weight excluding hydrogens is 1370 g/mol. The molecule has 0 aromatic heterocycles. The molecular formula is C88H194N22. The fourth-order valence-corrected chi connectivity index (χ4v) is 13.3. The average Bonchev–Trinajstić information content (AvgIpc) is 1.03. The van der Waals surface area contributed by atoms with Crippen LogP contribution in [0.1, 0.15) is 253 Å². The third-order valence-corrected chi connectivity index (χ3v) is 20.1. The number of piperazine rings is 2. The number of unbranched alkanes of at least 4 members (excludes halogenated alkanes) is 3. The highest BCUT2D eigenvalue weighted by molar-refractivity contribution is 5.83. The number of nitrogens with zero attached hydrogens (tertiary/aromatic N) is 11. The topological polar surface area (TPSA) is 223 Å². The van der Waals surface area contributed by atoms with Crippen molar-refractivity contribution in [1.29, 1.82) is 0 Å². The average molecular weight is 1560 g/mol. The summed E-state index contributed by atoms with van der Waals surface area (Å²) in [6, 6.07) is 6.39. The number of likely N-dealkylation sites (tertiary alicyclic amines) is 1. The van der Waals surface area contributed by atoms with Gasteiger partial charge >= 0.3 is 0 Å². The van der Waals surface area contributed by atoms with Gasteiger partial charge in [-0.3, -0.25) is 29.7 Å². The second-order valence-corrected chi connectivity index (χ2v) is 35.6. The molecule has 6 aliphatic rings. The van der Waals surface area contributed by atoms with Crippen LogP contribution in [0.15, 0.2) is 26.8 Å². The molecule has 3 unspecified atom stereocenters. The Labute approximate surface area is 684 Å². The van der Waals surface area contributed by atoms with Crippen LogP contribution in [0.5, 0.6) is 0 Å². The monoisotopic (exact) mass is 1560 g/mol. The third kappa shape index (κ3) is 76.9. The standard InChI is InChI=1S/C16H37N5.C13H27N.C12H26N2.C11H27N3.C10H23N3.C10H18N2.C9H19N3.C7H17N3/c1-15(2)17-13-16-14-20(9-7-18(3)4)10-12-21(16)11-8-19(5)6;1-12(2)14-11-7-6-10-13-8-4-3-5-9-13;1-12(2)13-8-4-7-11-14-9-5-3-6-10-14;1-10(2)13-9-11(12)7-5-6-8-14(3)4;1-9(2)11-7-10-8-12(3)5-6-13(10)4;1-9(2)11-7-3-5-10-6-4-8-12-10;1-8(2)10-5-3-4-9-11-6-7-12-9;1-6(2)9-4-5-10-7(3)8/h15-17H,7-14H2,1-6H3;12-14H,3-11H2,1-2H3;12-13H,3-11H2,1-2H3;10-11,13H,5-9,12H2,1-4H3;9-11H,5-8H2,1-4H3;6,8-9,11H,3-5,7H2,1-2H3;8,10H,3-7H2,1-2H3,(H,11,12);6,9H,4-5H2,1-3H3,(H2,8,10). The molecule has 22 nitrogen and oxygen atoms in total. The van der Waals surface area contributed by atoms with E-state index in [0.717, 1.165) is 104 Å². The maximum absolute atomic E-state index is 5.96. The van der Waals surface area contributed by atoms with E-state index < -0.39 is 0 Å². The van der Waals surface area contributed by atoms with Crippen molar-refractivity contribution in [2.45, 2.75) is 319 Å². The molecule has 0 aromatic rings. The second kappa shape index (κ2) is 74.2. The fraction of sp³-hybridized carbons (Fsp3) is 0.943. The lowest BCUT2D eigenvalue weighted by Gasteiger charge is -2.42. The highest BCUT2D eigenvalue weighted by Crippen LogP contribution is 2.27. The Balaban J connectivity index is 0. The van der Waals surface area contributed by atoms with E-state index in [-0.39, 0.29) is 0 Å². The van der Waals surface area contributed by atoms with Crippen LogP contribution in [0, 0.1) is 5.92 Å². The maximum Gasteiger partial charge on any atom is 0.0964 e. The fourth-order valence-electron chi connectivity index (χ4n) is 13.3. The predicted molar refractivity (Wildman–Crippen MR) is 490 cm³/mol. The Morgan fingerprint density at radius 3 is 1.55 bits per heavy atom. The zero-order valence-corrected chi connectivity index (χ0v) is 77.7. The summed E-state index contributed by atoms with van der Waals surface area (Å²) in [5, 5.41) is 30.7. The smallest absolute Gasteiger partial charge is 0.0964 e. The second-order valence-electron chi connectivity index (χ2n) is 35.6. The van der Waals surface area contributed by atoms with Crippen LogP contribution in [-0.2, 0) is 0 Å². The van der Waals surface area contributed by atoms with Crippen molar-refractivity contribution in [2.24, 2.45) is 32.4 Å². The van der Waals surface area contributed by atoms with E-state index in [4.69, 9.17) is 11.5 Å². The van der Waals surface area contributed by atoms with Crippen molar-refractivity contribution in [3.63, 3.8) is 0 Å². The quantitative estimate of drug-likeness (QED) is 0.0155. The van der Waals surface area contributed by atoms with Crippen molar-refractivity contribution in [3.05, 3.63) is 11.8 Å². The van der Waals surface area contributed by atoms with Gasteiger partial charge in [0.15, 0.2) is 0 Å². The minimum Gasteiger partial charge on any atom is -0.388 e. The van der Waals surface area contributed by atoms with Crippen LogP contribution in [0.2, 0.25) is 0 Å². The van der Waals surface area contributed by atoms with Crippen LogP contribution in [0.4, 0.5) is 0 Å². The Morgan fingerprint density at radius 1 is 0.518 bits per heavy atom. The van der Waals surface area contributed by atoms with Gasteiger partial charge in [0.25, 0.3) is 0 Å². The number of piperidine rings is 1. The molecule has 0 amide bonds. The molecule has 1 aliphatic carbocycles. The van der Waals surface area contributed by atoms with Gasteiger partial charge in [-0.15, -0.1) is 0 Å². The zero-order valence-electron chi connectivity index (χ0n) is 77.7. The Kier molecular flexibility index (Phi) is 74.0. The van der Waals surface area contributed by atoms with E-state index in [0.29, 0.717) is 72.3 Å². The molecule has 0 bridgehead atoms. The molecule has 0 aromatic carbocycles. The largest absolute Gasteiger partial charge is 0.388 e. The summed E-state index contributed by atoms with van der Waals surface area (Å²) in [7, 11) is 17.3. The molecule has 110 heavy (non-hydrogen) atoms. The number of amidine groups is 2. The maximum atomic E-state index is 5.96. The first-order valence-corrected chi connectivity index (χ1v) is 45.2. The van der Waals surface area contributed by atoms with Crippen molar-refractivity contribution >= 4 is 17.9 Å². The van der Waals surface area contributed by atoms with Crippen molar-refractivity contribution in [2.75, 3.05) is 220 Å². The van der Waals surface area contributed by atoms with Gasteiger partial charge in [0, 0.05) is 189 Å². The van der Waals surface area contributed by atoms with E-state index in [1.165, 1.54) is 212 Å². The van der Waals surface area contributed by atoms with Gasteiger partial charge < -0.3 is 83.8 Å². The molecule has 3 atom stereocenters. The molecule has 22 heteroatoms. The zero-order chi connectivity index (χ0) is 82.7. The van der Waals surface area contributed by atoms with Gasteiger partial charge in [0.1, 0.15) is 0 Å². The number of likely N-dealkylation sites (N-methyl/N-ethyl adjacent to an activating group) is 4. The summed E-state index contributed by atoms with van der Waals surface area (Å²) in [6.45, 7) is 65.2. The van der Waals surface area contributed by atoms with Gasteiger partial charge in [0.05, 0.1) is 24.8 Å². The first-order valence-electron chi connectivity index (χ1n) is 45.2. The molecule has 0 spiro atoms. The van der Waals surface area contributed by atoms with E-state index in [2.05, 4.69) is 275 Å². The molecule has 1 saturated carbocycles. The van der Waals surface area contributed by atoms with Crippen LogP contribution in [0.3, 0.4) is 0 Å². The van der Waals surface area contributed by atoms with E-state index in [1.807, 2.05) is 6.21 Å². The molecule has 5 aliphatic heterocycles. The van der Waals surface area contributed by atoms with Crippen LogP contribution in [0.25, 0.3) is 0 Å². The Hall–Kier alpha value is -2.33. The lowest BCUT2D eigenvalue weighted by Crippen LogP contribution is -2.58. The van der Waals surface area contributed by atoms with Crippen molar-refractivity contribution in [3.8, 4) is 0 Å². The number of nitrogens with two attached hydrogens (primary N) is 2. The number of hydrogen-bond donors (Lipinski definition) is 11. The molecule has 6 rings (SSSR count). The van der Waals surface area contributed by atoms with E-state index in [9.17, 15) is 0 Å². The normalized spacial score (nSPS) is 18.6. The first-order chi connectivity index (χ1) is 52.3. The molecule has 3 saturated heterocycles. The predicted octanol–water partition coefficient (Wildman–Crippen LogP) is 10.6. The highest BCUT2D eigenvalue weighted by Gasteiger charge is 2.27. The molecule has 13 N–H and O–H groups in total. The van der Waals surface area contributed by atoms with Crippen LogP contribution >= 0.6 is 0 Å². The third-order valence-electron chi connectivity index (χ3n) is 20.1. The van der Waals surface area contributed by atoms with Gasteiger partial charge in [-0.2, -0.15) is 0 Å². The molecule has 0 radical (unpaired) electrons. The summed E-state index contributed by atoms with van der Waals surface area (Å²) < 4.78 is 0. The minimum absolute atomic E-state index is 0.319. The van der Waals surface area contributed by atoms with E-state index in [1.54, 1.807) is 6.92 Å². The van der Waals surface area contributed by atoms with Gasteiger partial charge in [-0.25, -0.2) is 0 Å². The Bertz CT molecular complexity index is 2050. The van der Waals surface area contributed by atoms with Crippen molar-refractivity contribution < 1.29 is 0 Å². The number of allylic oxidation sites excluding steroid dienone is 2. The number of rotatable bonds is 46. The van der Waals surface area contributed by atoms with Crippen molar-refractivity contribution in [1.82, 2.24) is 87.1 Å². The van der Waals surface area contributed by atoms with Crippen LogP contribution < -0.4 is 59.3 Å². The lowest BCUT2D eigenvalue weighted by atomic mass is 9.86. The molecule has 656 valence electrons. The summed E-state index contributed by atoms with van der Waals surface area (Å²) >= 11 is 0. The first kappa shape index (κ1) is 110. The van der Waals surface area contributed by atoms with Gasteiger partial charge in [-0.05, 0) is 186 Å². The van der Waals surface area contributed by atoms with Gasteiger partial charge in [-0.1, -0.05) is 175 Å².